The minimum atomic E-state index is -1.38. The van der Waals surface area contributed by atoms with E-state index >= 15 is 0 Å². The second-order valence-electron chi connectivity index (χ2n) is 4.00. The van der Waals surface area contributed by atoms with Crippen LogP contribution in [0.5, 0.6) is 0 Å². The Labute approximate surface area is 100 Å². The summed E-state index contributed by atoms with van der Waals surface area (Å²) >= 11 is 0. The number of ether oxygens (including phenoxy) is 2. The molecular weight excluding hydrogens is 228 g/mol. The fraction of sp³-hybridized carbons (Fsp3) is 0.818. The van der Waals surface area contributed by atoms with Crippen molar-refractivity contribution in [3.05, 3.63) is 12.7 Å². The van der Waals surface area contributed by atoms with Gasteiger partial charge in [-0.15, -0.1) is 6.58 Å². The number of aliphatic hydroxyl groups is 4. The molecule has 4 N–H and O–H groups in total. The van der Waals surface area contributed by atoms with Crippen LogP contribution < -0.4 is 0 Å². The van der Waals surface area contributed by atoms with E-state index in [0.717, 1.165) is 12.8 Å². The summed E-state index contributed by atoms with van der Waals surface area (Å²) in [7, 11) is 0. The number of hydrogen-bond donors (Lipinski definition) is 4. The molecular formula is C11H20O6. The van der Waals surface area contributed by atoms with E-state index in [9.17, 15) is 15.3 Å². The van der Waals surface area contributed by atoms with Gasteiger partial charge in [-0.25, -0.2) is 0 Å². The van der Waals surface area contributed by atoms with E-state index < -0.39 is 37.3 Å². The van der Waals surface area contributed by atoms with Gasteiger partial charge in [0.2, 0.25) is 0 Å². The molecule has 1 saturated heterocycles. The number of allylic oxidation sites excluding steroid dienone is 1. The van der Waals surface area contributed by atoms with Crippen molar-refractivity contribution in [1.29, 1.82) is 0 Å². The van der Waals surface area contributed by atoms with Crippen LogP contribution in [-0.2, 0) is 9.47 Å². The SMILES string of the molecule is C=CCCCO[C@H]1O[C@H](CO)[C@@H](O)[C@H](O)[C@@H]1O. The number of aliphatic hydroxyl groups excluding tert-OH is 4. The summed E-state index contributed by atoms with van der Waals surface area (Å²) in [4.78, 5) is 0. The molecule has 0 aromatic heterocycles. The van der Waals surface area contributed by atoms with Gasteiger partial charge in [-0.05, 0) is 12.8 Å². The van der Waals surface area contributed by atoms with E-state index in [1.54, 1.807) is 6.08 Å². The van der Waals surface area contributed by atoms with E-state index in [-0.39, 0.29) is 0 Å². The lowest BCUT2D eigenvalue weighted by molar-refractivity contribution is -0.301. The van der Waals surface area contributed by atoms with Crippen LogP contribution in [0, 0.1) is 0 Å². The van der Waals surface area contributed by atoms with E-state index in [1.807, 2.05) is 0 Å². The number of rotatable bonds is 6. The maximum Gasteiger partial charge on any atom is 0.186 e. The zero-order valence-corrected chi connectivity index (χ0v) is 9.60. The summed E-state index contributed by atoms with van der Waals surface area (Å²) in [6, 6.07) is 0. The largest absolute Gasteiger partial charge is 0.394 e. The fourth-order valence-corrected chi connectivity index (χ4v) is 1.63. The first kappa shape index (κ1) is 14.6. The molecule has 0 radical (unpaired) electrons. The third kappa shape index (κ3) is 3.74. The smallest absolute Gasteiger partial charge is 0.186 e. The Morgan fingerprint density at radius 1 is 1.18 bits per heavy atom. The van der Waals surface area contributed by atoms with Gasteiger partial charge in [-0.2, -0.15) is 0 Å². The maximum absolute atomic E-state index is 9.62. The van der Waals surface area contributed by atoms with Crippen molar-refractivity contribution in [3.8, 4) is 0 Å². The molecule has 1 aliphatic heterocycles. The van der Waals surface area contributed by atoms with Crippen LogP contribution in [0.15, 0.2) is 12.7 Å². The Morgan fingerprint density at radius 3 is 2.47 bits per heavy atom. The molecule has 5 atom stereocenters. The molecule has 0 spiro atoms. The number of unbranched alkanes of at least 4 members (excludes halogenated alkanes) is 1. The highest BCUT2D eigenvalue weighted by Gasteiger charge is 2.43. The molecule has 0 unspecified atom stereocenters. The average Bonchev–Trinajstić information content (AvgIpc) is 2.34. The van der Waals surface area contributed by atoms with Crippen LogP contribution in [-0.4, -0.2) is 64.3 Å². The van der Waals surface area contributed by atoms with Crippen LogP contribution in [0.4, 0.5) is 0 Å². The zero-order chi connectivity index (χ0) is 12.8. The van der Waals surface area contributed by atoms with Crippen molar-refractivity contribution in [1.82, 2.24) is 0 Å². The topological polar surface area (TPSA) is 99.4 Å². The molecule has 0 saturated carbocycles. The Morgan fingerprint density at radius 2 is 1.88 bits per heavy atom. The highest BCUT2D eigenvalue weighted by Crippen LogP contribution is 2.21. The number of hydrogen-bond acceptors (Lipinski definition) is 6. The van der Waals surface area contributed by atoms with Crippen molar-refractivity contribution >= 4 is 0 Å². The van der Waals surface area contributed by atoms with Gasteiger partial charge >= 0.3 is 0 Å². The molecule has 0 amide bonds. The minimum Gasteiger partial charge on any atom is -0.394 e. The first-order chi connectivity index (χ1) is 8.11. The minimum absolute atomic E-state index is 0.342. The zero-order valence-electron chi connectivity index (χ0n) is 9.60. The molecule has 0 aromatic rings. The summed E-state index contributed by atoms with van der Waals surface area (Å²) in [5.74, 6) is 0. The first-order valence-corrected chi connectivity index (χ1v) is 5.64. The molecule has 0 aliphatic carbocycles. The van der Waals surface area contributed by atoms with Crippen molar-refractivity contribution in [2.24, 2.45) is 0 Å². The molecule has 6 nitrogen and oxygen atoms in total. The summed E-state index contributed by atoms with van der Waals surface area (Å²) in [5.41, 5.74) is 0. The average molecular weight is 248 g/mol. The van der Waals surface area contributed by atoms with E-state index in [4.69, 9.17) is 14.6 Å². The van der Waals surface area contributed by atoms with E-state index in [2.05, 4.69) is 6.58 Å². The molecule has 100 valence electrons. The summed E-state index contributed by atoms with van der Waals surface area (Å²) in [6.07, 6.45) is -2.76. The fourth-order valence-electron chi connectivity index (χ4n) is 1.63. The molecule has 1 fully saturated rings. The summed E-state index contributed by atoms with van der Waals surface area (Å²) in [5, 5.41) is 37.6. The maximum atomic E-state index is 9.62. The highest BCUT2D eigenvalue weighted by molar-refractivity contribution is 4.88. The van der Waals surface area contributed by atoms with Gasteiger partial charge in [0.1, 0.15) is 24.4 Å². The molecule has 17 heavy (non-hydrogen) atoms. The lowest BCUT2D eigenvalue weighted by Gasteiger charge is -2.39. The lowest BCUT2D eigenvalue weighted by atomic mass is 9.99. The molecule has 1 aliphatic rings. The van der Waals surface area contributed by atoms with E-state index in [0.29, 0.717) is 6.61 Å². The summed E-state index contributed by atoms with van der Waals surface area (Å²) < 4.78 is 10.4. The van der Waals surface area contributed by atoms with Crippen LogP contribution in [0.25, 0.3) is 0 Å². The van der Waals surface area contributed by atoms with Crippen LogP contribution in [0.2, 0.25) is 0 Å². The Bertz CT molecular complexity index is 232. The normalized spacial score (nSPS) is 38.0. The van der Waals surface area contributed by atoms with Crippen molar-refractivity contribution in [2.45, 2.75) is 43.5 Å². The van der Waals surface area contributed by atoms with Crippen LogP contribution >= 0.6 is 0 Å². The van der Waals surface area contributed by atoms with Gasteiger partial charge < -0.3 is 29.9 Å². The van der Waals surface area contributed by atoms with Gasteiger partial charge in [0.05, 0.1) is 13.2 Å². The Kier molecular flexibility index (Phi) is 6.04. The molecule has 0 aromatic carbocycles. The van der Waals surface area contributed by atoms with E-state index in [1.165, 1.54) is 0 Å². The third-order valence-corrected chi connectivity index (χ3v) is 2.68. The van der Waals surface area contributed by atoms with Gasteiger partial charge in [-0.1, -0.05) is 6.08 Å². The van der Waals surface area contributed by atoms with Crippen molar-refractivity contribution in [3.63, 3.8) is 0 Å². The summed E-state index contributed by atoms with van der Waals surface area (Å²) in [6.45, 7) is 3.46. The van der Waals surface area contributed by atoms with Gasteiger partial charge in [0.15, 0.2) is 6.29 Å². The van der Waals surface area contributed by atoms with Crippen LogP contribution in [0.3, 0.4) is 0 Å². The third-order valence-electron chi connectivity index (χ3n) is 2.68. The predicted molar refractivity (Wildman–Crippen MR) is 59.2 cm³/mol. The molecule has 0 bridgehead atoms. The first-order valence-electron chi connectivity index (χ1n) is 5.64. The van der Waals surface area contributed by atoms with Crippen LogP contribution in [0.1, 0.15) is 12.8 Å². The van der Waals surface area contributed by atoms with Gasteiger partial charge in [-0.3, -0.25) is 0 Å². The Hall–Kier alpha value is -0.500. The second-order valence-corrected chi connectivity index (χ2v) is 4.00. The standard InChI is InChI=1S/C11H20O6/c1-2-3-4-5-16-11-10(15)9(14)8(13)7(6-12)17-11/h2,7-15H,1,3-6H2/t7-,8-,9+,10+,11+/m1/s1. The Balaban J connectivity index is 2.44. The molecule has 6 heteroatoms. The highest BCUT2D eigenvalue weighted by atomic mass is 16.7. The predicted octanol–water partition coefficient (Wildman–Crippen LogP) is -1.23. The van der Waals surface area contributed by atoms with Crippen molar-refractivity contribution in [2.75, 3.05) is 13.2 Å². The quantitative estimate of drug-likeness (QED) is 0.347. The van der Waals surface area contributed by atoms with Gasteiger partial charge in [0.25, 0.3) is 0 Å². The molecule has 1 heterocycles. The lowest BCUT2D eigenvalue weighted by Crippen LogP contribution is -2.59. The molecule has 1 rings (SSSR count). The van der Waals surface area contributed by atoms with Gasteiger partial charge in [0, 0.05) is 0 Å². The monoisotopic (exact) mass is 248 g/mol. The second kappa shape index (κ2) is 7.05. The van der Waals surface area contributed by atoms with Crippen molar-refractivity contribution < 1.29 is 29.9 Å².